The van der Waals surface area contributed by atoms with Crippen molar-refractivity contribution in [3.63, 3.8) is 0 Å². The molecule has 0 amide bonds. The van der Waals surface area contributed by atoms with Crippen molar-refractivity contribution in [2.24, 2.45) is 0 Å². The van der Waals surface area contributed by atoms with Gasteiger partial charge in [0, 0.05) is 5.38 Å². The second-order valence-electron chi connectivity index (χ2n) is 6.96. The summed E-state index contributed by atoms with van der Waals surface area (Å²) >= 11 is 5.97. The van der Waals surface area contributed by atoms with Crippen molar-refractivity contribution >= 4 is 28.3 Å². The number of rotatable bonds is 5. The average molecular weight is 580 g/mol. The molecule has 0 saturated carbocycles. The molecule has 0 N–H and O–H groups in total. The summed E-state index contributed by atoms with van der Waals surface area (Å²) in [5, 5.41) is 10.4. The van der Waals surface area contributed by atoms with Gasteiger partial charge in [-0.2, -0.15) is 21.9 Å². The Kier molecular flexibility index (Phi) is 9.29. The Morgan fingerprint density at radius 3 is 2.52 bits per heavy atom. The van der Waals surface area contributed by atoms with Gasteiger partial charge in [0.2, 0.25) is 11.0 Å². The van der Waals surface area contributed by atoms with Gasteiger partial charge in [-0.1, -0.05) is 0 Å². The fourth-order valence-corrected chi connectivity index (χ4v) is 4.12. The maximum Gasteiger partial charge on any atom is 2.00 e. The maximum absolute atomic E-state index is 12.7. The van der Waals surface area contributed by atoms with Crippen LogP contribution in [-0.2, 0) is 11.0 Å². The Balaban J connectivity index is 0.00000484. The van der Waals surface area contributed by atoms with Crippen molar-refractivity contribution in [2.45, 2.75) is 50.3 Å². The van der Waals surface area contributed by atoms with E-state index in [1.807, 2.05) is 60.0 Å². The first kappa shape index (κ1) is 23.3. The normalized spacial score (nSPS) is 21.5. The first-order valence-electron chi connectivity index (χ1n) is 7.40. The van der Waals surface area contributed by atoms with E-state index in [1.54, 1.807) is 6.08 Å². The predicted octanol–water partition coefficient (Wildman–Crippen LogP) is 3.78. The molecule has 0 heterocycles. The van der Waals surface area contributed by atoms with Crippen LogP contribution < -0.4 is 0 Å². The van der Waals surface area contributed by atoms with Crippen LogP contribution in [0.1, 0.15) is 34.1 Å². The van der Waals surface area contributed by atoms with Crippen molar-refractivity contribution in [1.29, 1.82) is 0 Å². The van der Waals surface area contributed by atoms with Gasteiger partial charge in [0.1, 0.15) is 0 Å². The monoisotopic (exact) mass is 579 g/mol. The molecule has 0 aromatic heterocycles. The molecule has 23 heavy (non-hydrogen) atoms. The number of alkyl halides is 1. The van der Waals surface area contributed by atoms with Gasteiger partial charge in [-0.05, 0) is 34.1 Å². The molecule has 0 bridgehead atoms. The summed E-state index contributed by atoms with van der Waals surface area (Å²) in [6.45, 7) is 7.69. The molecule has 0 radical (unpaired) electrons. The molecule has 2 unspecified atom stereocenters. The number of nitrogens with zero attached hydrogens (tertiary/aromatic N) is 2. The first-order valence-corrected chi connectivity index (χ1v) is 8.94. The largest absolute Gasteiger partial charge is 2.00 e. The standard InChI is InChI=1S/C17H26ClN2OS.U/c1-13(20(5,6)22(21)17(2,3)4)16(19)12-9-14-7-10-15(18)11-8-14;/h7-8,10,12-13,15H,11H2,1-6H3;/q-1;+2/t13-,15?,22?;/m0./s1. The molecule has 1 aliphatic rings. The van der Waals surface area contributed by atoms with E-state index in [-0.39, 0.29) is 56.9 Å². The third-order valence-corrected chi connectivity index (χ3v) is 6.29. The fourth-order valence-electron chi connectivity index (χ4n) is 2.15. The zero-order valence-electron chi connectivity index (χ0n) is 14.8. The minimum atomic E-state index is -1.15. The van der Waals surface area contributed by atoms with Gasteiger partial charge < -0.3 is 5.41 Å². The zero-order valence-corrected chi connectivity index (χ0v) is 20.5. The minimum Gasteiger partial charge on any atom is -0.854 e. The van der Waals surface area contributed by atoms with Crippen molar-refractivity contribution < 1.29 is 39.2 Å². The van der Waals surface area contributed by atoms with E-state index in [0.717, 1.165) is 12.0 Å². The van der Waals surface area contributed by atoms with Gasteiger partial charge in [0.05, 0.1) is 24.9 Å². The van der Waals surface area contributed by atoms with E-state index in [2.05, 4.69) is 6.08 Å². The second-order valence-corrected chi connectivity index (χ2v) is 10.2. The number of quaternary nitrogens is 1. The van der Waals surface area contributed by atoms with Crippen LogP contribution in [0, 0.1) is 37.2 Å². The Labute approximate surface area is 172 Å². The van der Waals surface area contributed by atoms with Gasteiger partial charge in [0.25, 0.3) is 0 Å². The van der Waals surface area contributed by atoms with E-state index >= 15 is 0 Å². The summed E-state index contributed by atoms with van der Waals surface area (Å²) in [7, 11) is 2.59. The zero-order chi connectivity index (χ0) is 17.1. The topological polar surface area (TPSA) is 39.4 Å². The van der Waals surface area contributed by atoms with Crippen LogP contribution in [0.2, 0.25) is 0 Å². The number of hydrogen-bond acceptors (Lipinski definition) is 1. The molecular weight excluding hydrogens is 554 g/mol. The van der Waals surface area contributed by atoms with E-state index in [4.69, 9.17) is 11.6 Å². The van der Waals surface area contributed by atoms with E-state index in [0.29, 0.717) is 0 Å². The fraction of sp³-hybridized carbons (Fsp3) is 0.588. The Morgan fingerprint density at radius 2 is 2.09 bits per heavy atom. The molecule has 0 aromatic rings. The summed E-state index contributed by atoms with van der Waals surface area (Å²) in [5.74, 6) is 0. The number of allylic oxidation sites excluding steroid dienone is 5. The Bertz CT molecular complexity index is 547. The summed E-state index contributed by atoms with van der Waals surface area (Å²) in [5.41, 5.74) is 1.07. The molecule has 3 nitrogen and oxygen atoms in total. The van der Waals surface area contributed by atoms with Gasteiger partial charge >= 0.3 is 31.1 Å². The van der Waals surface area contributed by atoms with Gasteiger partial charge in [-0.15, -0.1) is 29.8 Å². The van der Waals surface area contributed by atoms with E-state index in [9.17, 15) is 9.62 Å². The predicted molar refractivity (Wildman–Crippen MR) is 97.1 cm³/mol. The SMILES string of the molecule is C[C@@H](C(=[N-])C=[C-]C1=CCC(Cl)C=C1)[N+](C)(C)S(=O)C(C)(C)C.[U+2]. The van der Waals surface area contributed by atoms with Crippen molar-refractivity contribution in [1.82, 2.24) is 0 Å². The second kappa shape index (κ2) is 9.15. The van der Waals surface area contributed by atoms with Gasteiger partial charge in [0.15, 0.2) is 0 Å². The molecule has 126 valence electrons. The summed E-state index contributed by atoms with van der Waals surface area (Å²) in [6.07, 6.45) is 11.2. The first-order chi connectivity index (χ1) is 9.96. The van der Waals surface area contributed by atoms with Crippen LogP contribution in [-0.4, -0.2) is 44.1 Å². The minimum absolute atomic E-state index is 0. The summed E-state index contributed by atoms with van der Waals surface area (Å²) in [6, 6.07) is -0.290. The van der Waals surface area contributed by atoms with Crippen LogP contribution in [0.5, 0.6) is 0 Å². The molecule has 1 rings (SSSR count). The molecular formula is C17H26ClN2OSU+. The molecule has 3 atom stereocenters. The quantitative estimate of drug-likeness (QED) is 0.212. The Hall–Kier alpha value is 0.342. The van der Waals surface area contributed by atoms with Crippen LogP contribution >= 0.6 is 11.6 Å². The number of halogens is 1. The van der Waals surface area contributed by atoms with Crippen molar-refractivity contribution in [2.75, 3.05) is 14.1 Å². The van der Waals surface area contributed by atoms with Crippen molar-refractivity contribution in [3.8, 4) is 0 Å². The molecule has 0 saturated heterocycles. The van der Waals surface area contributed by atoms with Crippen LogP contribution in [0.25, 0.3) is 5.41 Å². The molecule has 0 aromatic carbocycles. The van der Waals surface area contributed by atoms with E-state index in [1.165, 1.54) is 0 Å². The average Bonchev–Trinajstić information content (AvgIpc) is 2.43. The van der Waals surface area contributed by atoms with E-state index < -0.39 is 11.0 Å². The third kappa shape index (κ3) is 6.63. The van der Waals surface area contributed by atoms with Crippen molar-refractivity contribution in [3.05, 3.63) is 41.4 Å². The molecule has 1 aliphatic carbocycles. The molecule has 0 spiro atoms. The smallest absolute Gasteiger partial charge is 0.854 e. The third-order valence-electron chi connectivity index (χ3n) is 3.75. The van der Waals surface area contributed by atoms with Gasteiger partial charge in [-0.25, -0.2) is 9.60 Å². The van der Waals surface area contributed by atoms with Crippen LogP contribution in [0.15, 0.2) is 29.9 Å². The Morgan fingerprint density at radius 1 is 1.52 bits per heavy atom. The van der Waals surface area contributed by atoms with Crippen LogP contribution in [0.4, 0.5) is 0 Å². The van der Waals surface area contributed by atoms with Gasteiger partial charge in [-0.3, -0.25) is 0 Å². The summed E-state index contributed by atoms with van der Waals surface area (Å²) < 4.78 is 12.5. The number of hydrogen-bond donors (Lipinski definition) is 0. The molecule has 0 aliphatic heterocycles. The van der Waals surface area contributed by atoms with Crippen LogP contribution in [0.3, 0.4) is 0 Å². The molecule has 6 heteroatoms. The maximum atomic E-state index is 12.7. The summed E-state index contributed by atoms with van der Waals surface area (Å²) in [4.78, 5) is 0. The molecule has 0 fully saturated rings.